The van der Waals surface area contributed by atoms with Crippen LogP contribution in [0.3, 0.4) is 0 Å². The normalized spacial score (nSPS) is 11.2. The highest BCUT2D eigenvalue weighted by molar-refractivity contribution is 6.33. The van der Waals surface area contributed by atoms with Crippen molar-refractivity contribution in [3.05, 3.63) is 58.1 Å². The first kappa shape index (κ1) is 17.4. The van der Waals surface area contributed by atoms with Gasteiger partial charge in [0.15, 0.2) is 0 Å². The summed E-state index contributed by atoms with van der Waals surface area (Å²) in [7, 11) is 0. The third-order valence-corrected chi connectivity index (χ3v) is 3.44. The van der Waals surface area contributed by atoms with Crippen LogP contribution in [-0.4, -0.2) is 12.5 Å². The van der Waals surface area contributed by atoms with Crippen molar-refractivity contribution in [1.82, 2.24) is 0 Å². The molecule has 0 radical (unpaired) electrons. The zero-order valence-corrected chi connectivity index (χ0v) is 13.1. The number of carbonyl (C=O) groups is 1. The molecule has 23 heavy (non-hydrogen) atoms. The Labute approximate surface area is 140 Å². The van der Waals surface area contributed by atoms with Crippen molar-refractivity contribution in [2.24, 2.45) is 0 Å². The first-order chi connectivity index (χ1) is 10.8. The number of hydrogen-bond acceptors (Lipinski definition) is 2. The van der Waals surface area contributed by atoms with Crippen LogP contribution in [0.15, 0.2) is 42.5 Å². The van der Waals surface area contributed by atoms with Crippen LogP contribution in [0.4, 0.5) is 24.5 Å². The summed E-state index contributed by atoms with van der Waals surface area (Å²) in [6.45, 7) is -0.232. The van der Waals surface area contributed by atoms with Crippen molar-refractivity contribution in [3.8, 4) is 0 Å². The highest BCUT2D eigenvalue weighted by Gasteiger charge is 2.30. The summed E-state index contributed by atoms with van der Waals surface area (Å²) in [5, 5.41) is 5.78. The Morgan fingerprint density at radius 1 is 1.04 bits per heavy atom. The van der Waals surface area contributed by atoms with E-state index in [9.17, 15) is 18.0 Å². The summed E-state index contributed by atoms with van der Waals surface area (Å²) in [5.74, 6) is -0.430. The van der Waals surface area contributed by atoms with Crippen LogP contribution in [0.25, 0.3) is 0 Å². The van der Waals surface area contributed by atoms with Crippen molar-refractivity contribution in [3.63, 3.8) is 0 Å². The Balaban J connectivity index is 2.00. The number of hydrogen-bond donors (Lipinski definition) is 2. The molecule has 8 heteroatoms. The van der Waals surface area contributed by atoms with Gasteiger partial charge in [0, 0.05) is 10.7 Å². The fraction of sp³-hybridized carbons (Fsp3) is 0.133. The highest BCUT2D eigenvalue weighted by Crippen LogP contribution is 2.33. The van der Waals surface area contributed by atoms with E-state index < -0.39 is 17.6 Å². The number of anilines is 2. The van der Waals surface area contributed by atoms with Gasteiger partial charge in [-0.2, -0.15) is 13.2 Å². The van der Waals surface area contributed by atoms with Crippen LogP contribution in [0.2, 0.25) is 10.0 Å². The molecule has 1 amide bonds. The summed E-state index contributed by atoms with van der Waals surface area (Å²) >= 11 is 11.6. The smallest absolute Gasteiger partial charge is 0.375 e. The second-order valence-electron chi connectivity index (χ2n) is 4.60. The first-order valence-electron chi connectivity index (χ1n) is 6.42. The molecule has 0 aliphatic heterocycles. The van der Waals surface area contributed by atoms with Crippen LogP contribution in [0, 0.1) is 0 Å². The van der Waals surface area contributed by atoms with E-state index in [2.05, 4.69) is 10.6 Å². The van der Waals surface area contributed by atoms with Crippen molar-refractivity contribution >= 4 is 40.5 Å². The maximum absolute atomic E-state index is 12.7. The number of halogens is 5. The maximum atomic E-state index is 12.7. The Hall–Kier alpha value is -1.92. The van der Waals surface area contributed by atoms with E-state index in [1.54, 1.807) is 24.3 Å². The van der Waals surface area contributed by atoms with E-state index in [-0.39, 0.29) is 17.3 Å². The SMILES string of the molecule is O=C(CNc1cc(C(F)(F)F)ccc1Cl)Nc1ccc(Cl)cc1. The van der Waals surface area contributed by atoms with Crippen molar-refractivity contribution in [1.29, 1.82) is 0 Å². The molecule has 0 aliphatic carbocycles. The number of carbonyl (C=O) groups excluding carboxylic acids is 1. The van der Waals surface area contributed by atoms with Crippen molar-refractivity contribution in [2.75, 3.05) is 17.2 Å². The Morgan fingerprint density at radius 3 is 2.30 bits per heavy atom. The lowest BCUT2D eigenvalue weighted by Gasteiger charge is -2.12. The Morgan fingerprint density at radius 2 is 1.70 bits per heavy atom. The van der Waals surface area contributed by atoms with Crippen molar-refractivity contribution in [2.45, 2.75) is 6.18 Å². The number of alkyl halides is 3. The van der Waals surface area contributed by atoms with Gasteiger partial charge in [-0.15, -0.1) is 0 Å². The second kappa shape index (κ2) is 7.10. The average molecular weight is 363 g/mol. The Kier molecular flexibility index (Phi) is 5.38. The third kappa shape index (κ3) is 5.04. The largest absolute Gasteiger partial charge is 0.416 e. The molecule has 0 unspecified atom stereocenters. The van der Waals surface area contributed by atoms with Gasteiger partial charge in [0.2, 0.25) is 5.91 Å². The molecule has 0 aromatic heterocycles. The number of nitrogens with one attached hydrogen (secondary N) is 2. The lowest BCUT2D eigenvalue weighted by Crippen LogP contribution is -2.22. The lowest BCUT2D eigenvalue weighted by molar-refractivity contribution is -0.137. The Bertz CT molecular complexity index is 703. The fourth-order valence-corrected chi connectivity index (χ4v) is 2.06. The first-order valence-corrected chi connectivity index (χ1v) is 7.17. The van der Waals surface area contributed by atoms with Gasteiger partial charge < -0.3 is 10.6 Å². The molecule has 122 valence electrons. The summed E-state index contributed by atoms with van der Waals surface area (Å²) in [6, 6.07) is 9.29. The van der Waals surface area contributed by atoms with E-state index in [1.807, 2.05) is 0 Å². The molecule has 0 bridgehead atoms. The zero-order chi connectivity index (χ0) is 17.0. The summed E-state index contributed by atoms with van der Waals surface area (Å²) in [4.78, 5) is 11.8. The van der Waals surface area contributed by atoms with Crippen LogP contribution < -0.4 is 10.6 Å². The fourth-order valence-electron chi connectivity index (χ4n) is 1.75. The second-order valence-corrected chi connectivity index (χ2v) is 5.44. The molecule has 0 saturated heterocycles. The number of benzene rings is 2. The van der Waals surface area contributed by atoms with Gasteiger partial charge in [-0.1, -0.05) is 23.2 Å². The molecular weight excluding hydrogens is 352 g/mol. The summed E-state index contributed by atoms with van der Waals surface area (Å²) in [6.07, 6.45) is -4.48. The van der Waals surface area contributed by atoms with Crippen LogP contribution >= 0.6 is 23.2 Å². The summed E-state index contributed by atoms with van der Waals surface area (Å²) in [5.41, 5.74) is -0.286. The van der Waals surface area contributed by atoms with E-state index in [0.29, 0.717) is 10.7 Å². The van der Waals surface area contributed by atoms with E-state index in [0.717, 1.165) is 18.2 Å². The van der Waals surface area contributed by atoms with Crippen LogP contribution in [0.5, 0.6) is 0 Å². The van der Waals surface area contributed by atoms with Gasteiger partial charge in [0.25, 0.3) is 0 Å². The molecule has 0 heterocycles. The minimum Gasteiger partial charge on any atom is -0.375 e. The summed E-state index contributed by atoms with van der Waals surface area (Å²) < 4.78 is 38.0. The topological polar surface area (TPSA) is 41.1 Å². The van der Waals surface area contributed by atoms with E-state index >= 15 is 0 Å². The molecule has 0 spiro atoms. The van der Waals surface area contributed by atoms with Crippen LogP contribution in [-0.2, 0) is 11.0 Å². The average Bonchev–Trinajstić information content (AvgIpc) is 2.47. The van der Waals surface area contributed by atoms with Gasteiger partial charge in [0.05, 0.1) is 22.8 Å². The minimum atomic E-state index is -4.48. The van der Waals surface area contributed by atoms with E-state index in [1.165, 1.54) is 0 Å². The zero-order valence-electron chi connectivity index (χ0n) is 11.5. The molecule has 0 saturated carbocycles. The molecular formula is C15H11Cl2F3N2O. The molecule has 3 nitrogen and oxygen atoms in total. The monoisotopic (exact) mass is 362 g/mol. The van der Waals surface area contributed by atoms with Gasteiger partial charge in [-0.05, 0) is 42.5 Å². The molecule has 0 aliphatic rings. The highest BCUT2D eigenvalue weighted by atomic mass is 35.5. The number of rotatable bonds is 4. The lowest BCUT2D eigenvalue weighted by atomic mass is 10.2. The van der Waals surface area contributed by atoms with Gasteiger partial charge in [-0.25, -0.2) is 0 Å². The van der Waals surface area contributed by atoms with Crippen molar-refractivity contribution < 1.29 is 18.0 Å². The molecule has 0 atom stereocenters. The standard InChI is InChI=1S/C15H11Cl2F3N2O/c16-10-2-4-11(5-3-10)22-14(23)8-21-13-7-9(15(18,19)20)1-6-12(13)17/h1-7,21H,8H2,(H,22,23). The molecule has 2 N–H and O–H groups in total. The minimum absolute atomic E-state index is 0.0350. The van der Waals surface area contributed by atoms with Gasteiger partial charge in [-0.3, -0.25) is 4.79 Å². The van der Waals surface area contributed by atoms with E-state index in [4.69, 9.17) is 23.2 Å². The maximum Gasteiger partial charge on any atom is 0.416 e. The molecule has 2 aromatic carbocycles. The molecule has 0 fully saturated rings. The van der Waals surface area contributed by atoms with Gasteiger partial charge in [0.1, 0.15) is 0 Å². The van der Waals surface area contributed by atoms with Crippen LogP contribution in [0.1, 0.15) is 5.56 Å². The number of amides is 1. The molecule has 2 rings (SSSR count). The predicted octanol–water partition coefficient (Wildman–Crippen LogP) is 5.06. The van der Waals surface area contributed by atoms with Gasteiger partial charge >= 0.3 is 6.18 Å². The third-order valence-electron chi connectivity index (χ3n) is 2.86. The quantitative estimate of drug-likeness (QED) is 0.797. The predicted molar refractivity (Wildman–Crippen MR) is 85.0 cm³/mol. The molecule has 2 aromatic rings.